The molecule has 0 fully saturated rings. The predicted octanol–water partition coefficient (Wildman–Crippen LogP) is 5.48. The Labute approximate surface area is 207 Å². The molecule has 10 heteroatoms. The molecule has 190 valence electrons. The highest BCUT2D eigenvalue weighted by atomic mass is 19.4. The molecule has 0 aliphatic carbocycles. The molecule has 1 atom stereocenters. The number of carbonyl (C=O) groups is 1. The van der Waals surface area contributed by atoms with Gasteiger partial charge in [-0.1, -0.05) is 18.2 Å². The Balaban J connectivity index is 1.76. The highest BCUT2D eigenvalue weighted by Gasteiger charge is 2.33. The quantitative estimate of drug-likeness (QED) is 0.501. The maximum Gasteiger partial charge on any atom is 0.416 e. The number of aromatic nitrogens is 3. The monoisotopic (exact) mass is 499 g/mol. The summed E-state index contributed by atoms with van der Waals surface area (Å²) in [5.74, 6) is 1.37. The van der Waals surface area contributed by atoms with E-state index in [9.17, 15) is 18.0 Å². The minimum Gasteiger partial charge on any atom is -0.481 e. The number of pyridine rings is 1. The van der Waals surface area contributed by atoms with Crippen LogP contribution in [0.5, 0.6) is 5.88 Å². The fourth-order valence-electron chi connectivity index (χ4n) is 4.56. The van der Waals surface area contributed by atoms with Crippen LogP contribution < -0.4 is 10.1 Å². The van der Waals surface area contributed by atoms with Crippen LogP contribution in [-0.4, -0.2) is 46.0 Å². The van der Waals surface area contributed by atoms with Crippen LogP contribution in [0.25, 0.3) is 16.6 Å². The molecule has 0 bridgehead atoms. The van der Waals surface area contributed by atoms with Crippen molar-refractivity contribution in [1.82, 2.24) is 19.9 Å². The van der Waals surface area contributed by atoms with Crippen molar-refractivity contribution in [2.45, 2.75) is 46.3 Å². The Bertz CT molecular complexity index is 1350. The number of alkyl halides is 3. The molecule has 1 unspecified atom stereocenters. The number of fused-ring (bicyclic) bond motifs is 1. The first-order chi connectivity index (χ1) is 17.0. The summed E-state index contributed by atoms with van der Waals surface area (Å²) in [6, 6.07) is 5.61. The second-order valence-electron chi connectivity index (χ2n) is 8.86. The normalized spacial score (nSPS) is 15.0. The smallest absolute Gasteiger partial charge is 0.416 e. The maximum absolute atomic E-state index is 13.5. The molecule has 4 rings (SSSR count). The SMILES string of the molecule is COc1nc2nc(C)nc(NC(C)c3cccc(C(F)(F)F)c3C)c2cc1C1=CCN(C(C)=O)CC1. The van der Waals surface area contributed by atoms with Crippen LogP contribution in [0.1, 0.15) is 54.4 Å². The number of anilines is 1. The average molecular weight is 500 g/mol. The zero-order valence-electron chi connectivity index (χ0n) is 20.8. The third-order valence-corrected chi connectivity index (χ3v) is 6.46. The van der Waals surface area contributed by atoms with E-state index in [4.69, 9.17) is 4.74 Å². The van der Waals surface area contributed by atoms with E-state index in [0.29, 0.717) is 53.6 Å². The molecular weight excluding hydrogens is 471 g/mol. The lowest BCUT2D eigenvalue weighted by Crippen LogP contribution is -2.32. The number of nitrogens with one attached hydrogen (secondary N) is 1. The molecule has 0 saturated heterocycles. The van der Waals surface area contributed by atoms with Gasteiger partial charge in [0, 0.05) is 25.6 Å². The summed E-state index contributed by atoms with van der Waals surface area (Å²) in [7, 11) is 1.54. The fourth-order valence-corrected chi connectivity index (χ4v) is 4.56. The number of rotatable bonds is 5. The second-order valence-corrected chi connectivity index (χ2v) is 8.86. The van der Waals surface area contributed by atoms with Crippen LogP contribution in [0.3, 0.4) is 0 Å². The molecule has 3 heterocycles. The molecule has 1 aliphatic heterocycles. The van der Waals surface area contributed by atoms with Crippen LogP contribution in [0.2, 0.25) is 0 Å². The van der Waals surface area contributed by atoms with Gasteiger partial charge >= 0.3 is 6.18 Å². The minimum absolute atomic E-state index is 0.0168. The van der Waals surface area contributed by atoms with Gasteiger partial charge in [0.2, 0.25) is 11.8 Å². The predicted molar refractivity (Wildman–Crippen MR) is 132 cm³/mol. The molecule has 1 N–H and O–H groups in total. The van der Waals surface area contributed by atoms with Crippen molar-refractivity contribution < 1.29 is 22.7 Å². The third-order valence-electron chi connectivity index (χ3n) is 6.46. The molecule has 2 aromatic heterocycles. The lowest BCUT2D eigenvalue weighted by molar-refractivity contribution is -0.138. The Morgan fingerprint density at radius 3 is 2.56 bits per heavy atom. The summed E-state index contributed by atoms with van der Waals surface area (Å²) in [5, 5.41) is 3.91. The number of ether oxygens (including phenoxy) is 1. The highest BCUT2D eigenvalue weighted by Crippen LogP contribution is 2.37. The summed E-state index contributed by atoms with van der Waals surface area (Å²) in [5.41, 5.74) is 2.21. The van der Waals surface area contributed by atoms with E-state index < -0.39 is 17.8 Å². The Morgan fingerprint density at radius 2 is 1.94 bits per heavy atom. The van der Waals surface area contributed by atoms with Crippen LogP contribution in [-0.2, 0) is 11.0 Å². The molecular formula is C26H28F3N5O2. The van der Waals surface area contributed by atoms with Gasteiger partial charge in [0.1, 0.15) is 11.6 Å². The van der Waals surface area contributed by atoms with Crippen LogP contribution in [0.15, 0.2) is 30.3 Å². The standard InChI is InChI=1S/C26H28F3N5O2/c1-14-19(7-6-8-22(14)26(27,28)29)15(2)30-23-21-13-20(18-9-11-34(12-10-18)17(4)35)25(36-5)33-24(21)32-16(3)31-23/h6-9,13,15H,10-12H2,1-5H3,(H,30,31,32,33). The summed E-state index contributed by atoms with van der Waals surface area (Å²) in [4.78, 5) is 27.1. The van der Waals surface area contributed by atoms with Crippen molar-refractivity contribution >= 4 is 28.3 Å². The van der Waals surface area contributed by atoms with Gasteiger partial charge in [-0.3, -0.25) is 4.79 Å². The van der Waals surface area contributed by atoms with Crippen molar-refractivity contribution in [2.75, 3.05) is 25.5 Å². The van der Waals surface area contributed by atoms with Gasteiger partial charge in [0.05, 0.1) is 24.1 Å². The number of aryl methyl sites for hydroxylation is 1. The third kappa shape index (κ3) is 4.98. The summed E-state index contributed by atoms with van der Waals surface area (Å²) in [6.07, 6.45) is -1.81. The van der Waals surface area contributed by atoms with Gasteiger partial charge < -0.3 is 15.0 Å². The van der Waals surface area contributed by atoms with Crippen molar-refractivity contribution in [3.05, 3.63) is 58.4 Å². The van der Waals surface area contributed by atoms with Gasteiger partial charge in [0.25, 0.3) is 0 Å². The van der Waals surface area contributed by atoms with E-state index in [1.807, 2.05) is 12.1 Å². The number of hydrogen-bond acceptors (Lipinski definition) is 6. The summed E-state index contributed by atoms with van der Waals surface area (Å²) < 4.78 is 45.9. The van der Waals surface area contributed by atoms with E-state index in [0.717, 1.165) is 17.2 Å². The topological polar surface area (TPSA) is 80.2 Å². The summed E-state index contributed by atoms with van der Waals surface area (Å²) >= 11 is 0. The first kappa shape index (κ1) is 25.4. The van der Waals surface area contributed by atoms with Crippen molar-refractivity contribution in [3.63, 3.8) is 0 Å². The number of methoxy groups -OCH3 is 1. The summed E-state index contributed by atoms with van der Waals surface area (Å²) in [6.45, 7) is 7.62. The molecule has 1 aromatic carbocycles. The van der Waals surface area contributed by atoms with E-state index in [2.05, 4.69) is 20.3 Å². The van der Waals surface area contributed by atoms with E-state index in [1.54, 1.807) is 31.7 Å². The number of amides is 1. The second kappa shape index (κ2) is 9.75. The van der Waals surface area contributed by atoms with Gasteiger partial charge in [0.15, 0.2) is 5.65 Å². The van der Waals surface area contributed by atoms with Crippen molar-refractivity contribution in [1.29, 1.82) is 0 Å². The van der Waals surface area contributed by atoms with Gasteiger partial charge in [-0.2, -0.15) is 18.2 Å². The molecule has 0 saturated carbocycles. The minimum atomic E-state index is -4.43. The van der Waals surface area contributed by atoms with Crippen LogP contribution in [0.4, 0.5) is 19.0 Å². The van der Waals surface area contributed by atoms with Crippen LogP contribution >= 0.6 is 0 Å². The Morgan fingerprint density at radius 1 is 1.19 bits per heavy atom. The highest BCUT2D eigenvalue weighted by molar-refractivity contribution is 5.91. The average Bonchev–Trinajstić information content (AvgIpc) is 2.82. The van der Waals surface area contributed by atoms with E-state index in [1.165, 1.54) is 20.1 Å². The fraction of sp³-hybridized carbons (Fsp3) is 0.385. The number of nitrogens with zero attached hydrogens (tertiary/aromatic N) is 4. The Hall–Kier alpha value is -3.69. The van der Waals surface area contributed by atoms with Crippen LogP contribution in [0, 0.1) is 13.8 Å². The van der Waals surface area contributed by atoms with E-state index in [-0.39, 0.29) is 11.5 Å². The van der Waals surface area contributed by atoms with Gasteiger partial charge in [-0.25, -0.2) is 9.97 Å². The molecule has 3 aromatic rings. The first-order valence-corrected chi connectivity index (χ1v) is 11.6. The molecule has 36 heavy (non-hydrogen) atoms. The first-order valence-electron chi connectivity index (χ1n) is 11.6. The van der Waals surface area contributed by atoms with Crippen molar-refractivity contribution in [3.8, 4) is 5.88 Å². The molecule has 1 aliphatic rings. The zero-order valence-corrected chi connectivity index (χ0v) is 20.8. The maximum atomic E-state index is 13.5. The lowest BCUT2D eigenvalue weighted by Gasteiger charge is -2.26. The van der Waals surface area contributed by atoms with Crippen molar-refractivity contribution in [2.24, 2.45) is 0 Å². The number of benzene rings is 1. The Kier molecular flexibility index (Phi) is 6.88. The molecule has 1 amide bonds. The largest absolute Gasteiger partial charge is 0.481 e. The van der Waals surface area contributed by atoms with Gasteiger partial charge in [-0.05, 0) is 56.0 Å². The molecule has 0 spiro atoms. The number of carbonyl (C=O) groups excluding carboxylic acids is 1. The zero-order chi connectivity index (χ0) is 26.2. The van der Waals surface area contributed by atoms with Gasteiger partial charge in [-0.15, -0.1) is 0 Å². The van der Waals surface area contributed by atoms with E-state index >= 15 is 0 Å². The molecule has 0 radical (unpaired) electrons. The number of halogens is 3. The lowest BCUT2D eigenvalue weighted by atomic mass is 9.97. The molecule has 7 nitrogen and oxygen atoms in total. The number of hydrogen-bond donors (Lipinski definition) is 1.